The number of aryl methyl sites for hydroxylation is 2. The minimum atomic E-state index is -0.622. The molecule has 1 heterocycles. The Morgan fingerprint density at radius 1 is 0.941 bits per heavy atom. The molecule has 7 nitrogen and oxygen atoms in total. The van der Waals surface area contributed by atoms with E-state index in [-0.39, 0.29) is 18.9 Å². The van der Waals surface area contributed by atoms with Crippen molar-refractivity contribution in [3.8, 4) is 11.5 Å². The van der Waals surface area contributed by atoms with Gasteiger partial charge in [0.05, 0.1) is 5.92 Å². The van der Waals surface area contributed by atoms with Crippen LogP contribution in [0.2, 0.25) is 0 Å². The molecule has 1 atom stereocenters. The van der Waals surface area contributed by atoms with E-state index >= 15 is 0 Å². The molecule has 0 bridgehead atoms. The predicted octanol–water partition coefficient (Wildman–Crippen LogP) is 4.63. The van der Waals surface area contributed by atoms with Crippen LogP contribution >= 0.6 is 0 Å². The van der Waals surface area contributed by atoms with Crippen LogP contribution in [0.25, 0.3) is 0 Å². The maximum Gasteiger partial charge on any atom is 0.311 e. The van der Waals surface area contributed by atoms with Crippen LogP contribution < -0.4 is 15.0 Å². The molecular weight excluding hydrogens is 432 g/mol. The average Bonchev–Trinajstić information content (AvgIpc) is 3.23. The highest BCUT2D eigenvalue weighted by Gasteiger charge is 2.36. The van der Waals surface area contributed by atoms with Crippen molar-refractivity contribution in [3.05, 3.63) is 83.9 Å². The lowest BCUT2D eigenvalue weighted by atomic mass is 10.1. The van der Waals surface area contributed by atoms with Gasteiger partial charge in [-0.25, -0.2) is 0 Å². The van der Waals surface area contributed by atoms with E-state index in [0.29, 0.717) is 17.1 Å². The smallest absolute Gasteiger partial charge is 0.311 e. The van der Waals surface area contributed by atoms with E-state index in [0.717, 1.165) is 11.3 Å². The van der Waals surface area contributed by atoms with E-state index in [1.165, 1.54) is 5.56 Å². The number of esters is 1. The van der Waals surface area contributed by atoms with Gasteiger partial charge >= 0.3 is 5.97 Å². The summed E-state index contributed by atoms with van der Waals surface area (Å²) >= 11 is 0. The van der Waals surface area contributed by atoms with Gasteiger partial charge < -0.3 is 19.7 Å². The fourth-order valence-corrected chi connectivity index (χ4v) is 3.70. The van der Waals surface area contributed by atoms with Crippen LogP contribution in [0.4, 0.5) is 11.4 Å². The van der Waals surface area contributed by atoms with Gasteiger partial charge in [-0.3, -0.25) is 14.4 Å². The van der Waals surface area contributed by atoms with Gasteiger partial charge in [0.2, 0.25) is 5.91 Å². The molecule has 1 saturated heterocycles. The third-order valence-corrected chi connectivity index (χ3v) is 5.72. The lowest BCUT2D eigenvalue weighted by Gasteiger charge is -2.17. The summed E-state index contributed by atoms with van der Waals surface area (Å²) in [6, 6.07) is 22.0. The molecule has 0 aromatic heterocycles. The molecule has 174 valence electrons. The summed E-state index contributed by atoms with van der Waals surface area (Å²) in [4.78, 5) is 38.5. The normalized spacial score (nSPS) is 15.2. The number of rotatable bonds is 7. The molecule has 1 fully saturated rings. The zero-order valence-corrected chi connectivity index (χ0v) is 19.1. The lowest BCUT2D eigenvalue weighted by Crippen LogP contribution is -2.28. The molecule has 2 amide bonds. The number of hydrogen-bond donors (Lipinski definition) is 1. The number of nitrogens with one attached hydrogen (secondary N) is 1. The summed E-state index contributed by atoms with van der Waals surface area (Å²) < 4.78 is 11.0. The summed E-state index contributed by atoms with van der Waals surface area (Å²) in [6.07, 6.45) is 0.0417. The van der Waals surface area contributed by atoms with Gasteiger partial charge in [-0.2, -0.15) is 0 Å². The number of benzene rings is 3. The van der Waals surface area contributed by atoms with Gasteiger partial charge in [-0.15, -0.1) is 0 Å². The zero-order valence-electron chi connectivity index (χ0n) is 19.1. The number of hydrogen-bond acceptors (Lipinski definition) is 5. The minimum absolute atomic E-state index is 0.0417. The van der Waals surface area contributed by atoms with E-state index in [1.807, 2.05) is 38.1 Å². The van der Waals surface area contributed by atoms with Crippen molar-refractivity contribution in [1.82, 2.24) is 0 Å². The highest BCUT2D eigenvalue weighted by molar-refractivity contribution is 6.00. The first-order chi connectivity index (χ1) is 16.4. The molecule has 0 unspecified atom stereocenters. The van der Waals surface area contributed by atoms with Gasteiger partial charge in [-0.1, -0.05) is 24.3 Å². The average molecular weight is 459 g/mol. The molecule has 0 saturated carbocycles. The van der Waals surface area contributed by atoms with Crippen molar-refractivity contribution >= 4 is 29.2 Å². The lowest BCUT2D eigenvalue weighted by molar-refractivity contribution is -0.151. The van der Waals surface area contributed by atoms with Crippen LogP contribution in [0.15, 0.2) is 72.8 Å². The first kappa shape index (κ1) is 23.0. The zero-order chi connectivity index (χ0) is 24.1. The second-order valence-electron chi connectivity index (χ2n) is 8.27. The summed E-state index contributed by atoms with van der Waals surface area (Å²) in [5.41, 5.74) is 3.64. The number of para-hydroxylation sites is 1. The Balaban J connectivity index is 1.30. The van der Waals surface area contributed by atoms with Crippen molar-refractivity contribution in [2.24, 2.45) is 5.92 Å². The number of carbonyl (C=O) groups excluding carboxylic acids is 3. The first-order valence-electron chi connectivity index (χ1n) is 11.1. The van der Waals surface area contributed by atoms with E-state index in [9.17, 15) is 14.4 Å². The van der Waals surface area contributed by atoms with Gasteiger partial charge in [0.1, 0.15) is 11.5 Å². The highest BCUT2D eigenvalue weighted by Crippen LogP contribution is 2.29. The molecule has 1 N–H and O–H groups in total. The van der Waals surface area contributed by atoms with Crippen molar-refractivity contribution in [2.75, 3.05) is 23.4 Å². The van der Waals surface area contributed by atoms with E-state index < -0.39 is 24.4 Å². The van der Waals surface area contributed by atoms with Crippen LogP contribution in [0, 0.1) is 19.8 Å². The third-order valence-electron chi connectivity index (χ3n) is 5.72. The van der Waals surface area contributed by atoms with Crippen molar-refractivity contribution in [2.45, 2.75) is 20.3 Å². The fourth-order valence-electron chi connectivity index (χ4n) is 3.70. The van der Waals surface area contributed by atoms with Gasteiger partial charge in [0.15, 0.2) is 6.61 Å². The van der Waals surface area contributed by atoms with Gasteiger partial charge in [0.25, 0.3) is 5.91 Å². The quantitative estimate of drug-likeness (QED) is 0.522. The Morgan fingerprint density at radius 2 is 1.65 bits per heavy atom. The van der Waals surface area contributed by atoms with Crippen molar-refractivity contribution in [3.63, 3.8) is 0 Å². The first-order valence-corrected chi connectivity index (χ1v) is 11.1. The van der Waals surface area contributed by atoms with Crippen LogP contribution in [0.3, 0.4) is 0 Å². The SMILES string of the molecule is Cc1ccc(Oc2ccc(N3C[C@@H](C(=O)OCC(=O)Nc4ccccc4)CC3=O)cc2)cc1C. The molecule has 1 aliphatic rings. The van der Waals surface area contributed by atoms with Crippen LogP contribution in [0.1, 0.15) is 17.5 Å². The molecule has 34 heavy (non-hydrogen) atoms. The standard InChI is InChI=1S/C27H26N2O5/c1-18-8-11-24(14-19(18)2)34-23-12-9-22(10-13-23)29-16-20(15-26(29)31)27(32)33-17-25(30)28-21-6-4-3-5-7-21/h3-14,20H,15-17H2,1-2H3,(H,28,30)/t20-/m0/s1. The second kappa shape index (κ2) is 10.2. The minimum Gasteiger partial charge on any atom is -0.457 e. The number of carbonyl (C=O) groups is 3. The van der Waals surface area contributed by atoms with Gasteiger partial charge in [0, 0.05) is 24.3 Å². The van der Waals surface area contributed by atoms with E-state index in [2.05, 4.69) is 5.32 Å². The molecule has 3 aromatic rings. The Labute approximate surface area is 198 Å². The summed E-state index contributed by atoms with van der Waals surface area (Å²) in [6.45, 7) is 3.88. The Kier molecular flexibility index (Phi) is 6.92. The topological polar surface area (TPSA) is 84.9 Å². The van der Waals surface area contributed by atoms with Crippen LogP contribution in [-0.4, -0.2) is 30.9 Å². The Bertz CT molecular complexity index is 1190. The highest BCUT2D eigenvalue weighted by atomic mass is 16.5. The van der Waals surface area contributed by atoms with Crippen LogP contribution in [0.5, 0.6) is 11.5 Å². The van der Waals surface area contributed by atoms with Crippen LogP contribution in [-0.2, 0) is 19.1 Å². The third kappa shape index (κ3) is 5.61. The molecule has 0 spiro atoms. The fraction of sp³-hybridized carbons (Fsp3) is 0.222. The number of amides is 2. The molecular formula is C27H26N2O5. The maximum absolute atomic E-state index is 12.5. The van der Waals surface area contributed by atoms with Crippen molar-refractivity contribution in [1.29, 1.82) is 0 Å². The number of anilines is 2. The van der Waals surface area contributed by atoms with E-state index in [4.69, 9.17) is 9.47 Å². The second-order valence-corrected chi connectivity index (χ2v) is 8.27. The summed E-state index contributed by atoms with van der Waals surface area (Å²) in [7, 11) is 0. The van der Waals surface area contributed by atoms with Crippen molar-refractivity contribution < 1.29 is 23.9 Å². The number of nitrogens with zero attached hydrogens (tertiary/aromatic N) is 1. The molecule has 0 radical (unpaired) electrons. The predicted molar refractivity (Wildman–Crippen MR) is 129 cm³/mol. The van der Waals surface area contributed by atoms with Gasteiger partial charge in [-0.05, 0) is 73.5 Å². The Hall–Kier alpha value is -4.13. The molecule has 4 rings (SSSR count). The summed E-state index contributed by atoms with van der Waals surface area (Å²) in [5, 5.41) is 2.65. The molecule has 1 aliphatic heterocycles. The molecule has 0 aliphatic carbocycles. The molecule has 7 heteroatoms. The molecule has 3 aromatic carbocycles. The Morgan fingerprint density at radius 3 is 2.35 bits per heavy atom. The largest absolute Gasteiger partial charge is 0.457 e. The summed E-state index contributed by atoms with van der Waals surface area (Å²) in [5.74, 6) is -0.387. The number of ether oxygens (including phenoxy) is 2. The maximum atomic E-state index is 12.5. The van der Waals surface area contributed by atoms with E-state index in [1.54, 1.807) is 53.4 Å². The monoisotopic (exact) mass is 458 g/mol.